The fourth-order valence-electron chi connectivity index (χ4n) is 3.88. The van der Waals surface area contributed by atoms with Crippen LogP contribution < -0.4 is 10.1 Å². The molecule has 2 aliphatic heterocycles. The molecule has 140 valence electrons. The van der Waals surface area contributed by atoms with E-state index in [9.17, 15) is 14.4 Å². The van der Waals surface area contributed by atoms with Gasteiger partial charge in [0.2, 0.25) is 0 Å². The molecule has 0 radical (unpaired) electrons. The molecular formula is C20H21N3O4. The fraction of sp³-hybridized carbons (Fsp3) is 0.350. The molecule has 27 heavy (non-hydrogen) atoms. The van der Waals surface area contributed by atoms with Crippen LogP contribution in [-0.4, -0.2) is 40.3 Å². The van der Waals surface area contributed by atoms with Gasteiger partial charge < -0.3 is 14.6 Å². The lowest BCUT2D eigenvalue weighted by Gasteiger charge is -2.33. The maximum atomic E-state index is 13.2. The van der Waals surface area contributed by atoms with Gasteiger partial charge in [-0.1, -0.05) is 18.2 Å². The molecule has 4 rings (SSSR count). The van der Waals surface area contributed by atoms with Crippen LogP contribution in [0.1, 0.15) is 33.7 Å². The molecule has 1 fully saturated rings. The SMILES string of the molecule is Cc1cc(C(=O)CN2C(=O)NC3(CCOc4ccccc43)C2=O)c(C)n1C. The molecule has 0 saturated carbocycles. The van der Waals surface area contributed by atoms with Gasteiger partial charge in [0.25, 0.3) is 5.91 Å². The maximum Gasteiger partial charge on any atom is 0.325 e. The summed E-state index contributed by atoms with van der Waals surface area (Å²) >= 11 is 0. The van der Waals surface area contributed by atoms with E-state index < -0.39 is 17.5 Å². The summed E-state index contributed by atoms with van der Waals surface area (Å²) in [5, 5.41) is 2.81. The maximum absolute atomic E-state index is 13.2. The summed E-state index contributed by atoms with van der Waals surface area (Å²) < 4.78 is 7.53. The first-order valence-corrected chi connectivity index (χ1v) is 8.87. The summed E-state index contributed by atoms with van der Waals surface area (Å²) in [5.41, 5.74) is 1.77. The molecule has 7 heteroatoms. The molecule has 1 unspecified atom stereocenters. The van der Waals surface area contributed by atoms with Crippen molar-refractivity contribution in [3.05, 3.63) is 52.8 Å². The van der Waals surface area contributed by atoms with Gasteiger partial charge in [0, 0.05) is 36.0 Å². The van der Waals surface area contributed by atoms with E-state index in [1.54, 1.807) is 24.3 Å². The number of rotatable bonds is 3. The Morgan fingerprint density at radius 1 is 1.26 bits per heavy atom. The number of para-hydroxylation sites is 1. The third-order valence-electron chi connectivity index (χ3n) is 5.63. The van der Waals surface area contributed by atoms with Crippen molar-refractivity contribution >= 4 is 17.7 Å². The van der Waals surface area contributed by atoms with Crippen molar-refractivity contribution in [3.8, 4) is 5.75 Å². The summed E-state index contributed by atoms with van der Waals surface area (Å²) in [6, 6.07) is 8.42. The normalized spacial score (nSPS) is 21.2. The zero-order valence-corrected chi connectivity index (χ0v) is 15.5. The molecule has 2 aliphatic rings. The largest absolute Gasteiger partial charge is 0.493 e. The summed E-state index contributed by atoms with van der Waals surface area (Å²) in [5.74, 6) is -0.0703. The van der Waals surface area contributed by atoms with Gasteiger partial charge in [-0.05, 0) is 26.0 Å². The Kier molecular flexibility index (Phi) is 3.83. The van der Waals surface area contributed by atoms with Crippen LogP contribution in [0.2, 0.25) is 0 Å². The standard InChI is InChI=1S/C20H21N3O4/c1-12-10-14(13(2)22(12)3)16(24)11-23-18(25)20(21-19(23)26)8-9-27-17-7-5-4-6-15(17)20/h4-7,10H,8-9,11H2,1-3H3,(H,21,26). The molecule has 0 aliphatic carbocycles. The van der Waals surface area contributed by atoms with E-state index in [-0.39, 0.29) is 12.3 Å². The third-order valence-corrected chi connectivity index (χ3v) is 5.63. The number of imide groups is 1. The van der Waals surface area contributed by atoms with Crippen LogP contribution in [0.3, 0.4) is 0 Å². The first kappa shape index (κ1) is 17.3. The minimum Gasteiger partial charge on any atom is -0.493 e. The highest BCUT2D eigenvalue weighted by molar-refractivity contribution is 6.12. The highest BCUT2D eigenvalue weighted by atomic mass is 16.5. The number of nitrogens with one attached hydrogen (secondary N) is 1. The Labute approximate surface area is 156 Å². The Morgan fingerprint density at radius 2 is 2.00 bits per heavy atom. The van der Waals surface area contributed by atoms with Gasteiger partial charge >= 0.3 is 6.03 Å². The second-order valence-corrected chi connectivity index (χ2v) is 7.09. The lowest BCUT2D eigenvalue weighted by atomic mass is 9.84. The van der Waals surface area contributed by atoms with Crippen molar-refractivity contribution in [2.24, 2.45) is 7.05 Å². The van der Waals surface area contributed by atoms with Gasteiger partial charge in [0.1, 0.15) is 5.75 Å². The van der Waals surface area contributed by atoms with Crippen LogP contribution in [0.5, 0.6) is 5.75 Å². The number of amides is 3. The average Bonchev–Trinajstić information content (AvgIpc) is 3.05. The van der Waals surface area contributed by atoms with Crippen molar-refractivity contribution in [3.63, 3.8) is 0 Å². The van der Waals surface area contributed by atoms with Crippen molar-refractivity contribution in [2.75, 3.05) is 13.2 Å². The molecule has 1 aromatic carbocycles. The molecule has 1 atom stereocenters. The number of Topliss-reactive ketones (excluding diaryl/α,β-unsaturated/α-hetero) is 1. The van der Waals surface area contributed by atoms with Crippen LogP contribution in [0.15, 0.2) is 30.3 Å². The van der Waals surface area contributed by atoms with Gasteiger partial charge in [-0.15, -0.1) is 0 Å². The van der Waals surface area contributed by atoms with Crippen molar-refractivity contribution < 1.29 is 19.1 Å². The Bertz CT molecular complexity index is 978. The van der Waals surface area contributed by atoms with Crippen LogP contribution in [0, 0.1) is 13.8 Å². The van der Waals surface area contributed by atoms with Gasteiger partial charge in [-0.3, -0.25) is 14.5 Å². The van der Waals surface area contributed by atoms with E-state index in [0.29, 0.717) is 29.9 Å². The minimum absolute atomic E-state index is 0.253. The van der Waals surface area contributed by atoms with Crippen LogP contribution in [0.25, 0.3) is 0 Å². The molecule has 0 bridgehead atoms. The fourth-order valence-corrected chi connectivity index (χ4v) is 3.88. The second kappa shape index (κ2) is 5.97. The number of benzene rings is 1. The van der Waals surface area contributed by atoms with E-state index in [1.807, 2.05) is 31.5 Å². The molecule has 3 heterocycles. The molecule has 1 N–H and O–H groups in total. The number of hydrogen-bond acceptors (Lipinski definition) is 4. The van der Waals surface area contributed by atoms with E-state index in [1.165, 1.54) is 0 Å². The number of urea groups is 1. The lowest BCUT2D eigenvalue weighted by Crippen LogP contribution is -2.47. The topological polar surface area (TPSA) is 80.6 Å². The molecule has 3 amide bonds. The van der Waals surface area contributed by atoms with Crippen LogP contribution >= 0.6 is 0 Å². The Hall–Kier alpha value is -3.09. The van der Waals surface area contributed by atoms with E-state index in [2.05, 4.69) is 5.32 Å². The first-order valence-electron chi connectivity index (χ1n) is 8.87. The van der Waals surface area contributed by atoms with Crippen LogP contribution in [-0.2, 0) is 17.4 Å². The molecule has 1 saturated heterocycles. The van der Waals surface area contributed by atoms with E-state index in [4.69, 9.17) is 4.74 Å². The number of nitrogens with zero attached hydrogens (tertiary/aromatic N) is 2. The third kappa shape index (κ3) is 2.45. The van der Waals surface area contributed by atoms with Crippen molar-refractivity contribution in [1.82, 2.24) is 14.8 Å². The van der Waals surface area contributed by atoms with Gasteiger partial charge in [-0.25, -0.2) is 4.79 Å². The first-order chi connectivity index (χ1) is 12.8. The number of aryl methyl sites for hydroxylation is 1. The smallest absolute Gasteiger partial charge is 0.325 e. The Balaban J connectivity index is 1.65. The van der Waals surface area contributed by atoms with Gasteiger partial charge in [0.15, 0.2) is 11.3 Å². The number of hydrogen-bond donors (Lipinski definition) is 1. The zero-order chi connectivity index (χ0) is 19.3. The summed E-state index contributed by atoms with van der Waals surface area (Å²) in [7, 11) is 1.88. The van der Waals surface area contributed by atoms with E-state index >= 15 is 0 Å². The van der Waals surface area contributed by atoms with E-state index in [0.717, 1.165) is 16.3 Å². The summed E-state index contributed by atoms with van der Waals surface area (Å²) in [6.45, 7) is 3.80. The predicted molar refractivity (Wildman–Crippen MR) is 97.7 cm³/mol. The van der Waals surface area contributed by atoms with Crippen LogP contribution in [0.4, 0.5) is 4.79 Å². The molecular weight excluding hydrogens is 346 g/mol. The number of aromatic nitrogens is 1. The zero-order valence-electron chi connectivity index (χ0n) is 15.5. The Morgan fingerprint density at radius 3 is 2.70 bits per heavy atom. The lowest BCUT2D eigenvalue weighted by molar-refractivity contribution is -0.132. The summed E-state index contributed by atoms with van der Waals surface area (Å²) in [4.78, 5) is 39.6. The number of ether oxygens (including phenoxy) is 1. The average molecular weight is 367 g/mol. The van der Waals surface area contributed by atoms with Crippen molar-refractivity contribution in [1.29, 1.82) is 0 Å². The second-order valence-electron chi connectivity index (χ2n) is 7.09. The number of fused-ring (bicyclic) bond motifs is 2. The summed E-state index contributed by atoms with van der Waals surface area (Å²) in [6.07, 6.45) is 0.336. The monoisotopic (exact) mass is 367 g/mol. The number of carbonyl (C=O) groups is 3. The number of ketones is 1. The quantitative estimate of drug-likeness (QED) is 0.665. The molecule has 7 nitrogen and oxygen atoms in total. The van der Waals surface area contributed by atoms with Gasteiger partial charge in [-0.2, -0.15) is 0 Å². The highest BCUT2D eigenvalue weighted by Gasteiger charge is 2.55. The highest BCUT2D eigenvalue weighted by Crippen LogP contribution is 2.41. The molecule has 1 aromatic heterocycles. The van der Waals surface area contributed by atoms with Gasteiger partial charge in [0.05, 0.1) is 13.2 Å². The predicted octanol–water partition coefficient (Wildman–Crippen LogP) is 2.05. The molecule has 1 spiro atoms. The minimum atomic E-state index is -1.16. The number of carbonyl (C=O) groups excluding carboxylic acids is 3. The molecule has 2 aromatic rings. The van der Waals surface area contributed by atoms with Crippen molar-refractivity contribution in [2.45, 2.75) is 25.8 Å².